The maximum Gasteiger partial charge on any atom is 0.207 e. The molecule has 0 aliphatic rings. The van der Waals surface area contributed by atoms with Gasteiger partial charge in [0.1, 0.15) is 5.52 Å². The summed E-state index contributed by atoms with van der Waals surface area (Å²) in [5, 5.41) is 5.67. The highest BCUT2D eigenvalue weighted by molar-refractivity contribution is 6.43. The predicted octanol–water partition coefficient (Wildman–Crippen LogP) is 3.86. The van der Waals surface area contributed by atoms with Crippen molar-refractivity contribution in [3.8, 4) is 5.69 Å². The fourth-order valence-electron chi connectivity index (χ4n) is 2.36. The second kappa shape index (κ2) is 5.09. The first-order valence-electron chi connectivity index (χ1n) is 6.28. The first-order chi connectivity index (χ1) is 9.93. The zero-order valence-electron chi connectivity index (χ0n) is 11.4. The molecule has 110 valence electrons. The van der Waals surface area contributed by atoms with Gasteiger partial charge < -0.3 is 5.73 Å². The van der Waals surface area contributed by atoms with Gasteiger partial charge in [-0.15, -0.1) is 0 Å². The highest BCUT2D eigenvalue weighted by Gasteiger charge is 2.20. The summed E-state index contributed by atoms with van der Waals surface area (Å²) >= 11 is 18.3. The molecule has 3 rings (SSSR count). The van der Waals surface area contributed by atoms with Crippen LogP contribution in [0.15, 0.2) is 12.1 Å². The van der Waals surface area contributed by atoms with Crippen molar-refractivity contribution in [2.45, 2.75) is 13.3 Å². The van der Waals surface area contributed by atoms with Crippen LogP contribution in [-0.4, -0.2) is 19.3 Å². The molecule has 2 heterocycles. The molecular weight excluding hydrogens is 333 g/mol. The van der Waals surface area contributed by atoms with E-state index in [9.17, 15) is 0 Å². The third-order valence-electron chi connectivity index (χ3n) is 3.30. The minimum atomic E-state index is 0.327. The highest BCUT2D eigenvalue weighted by Crippen LogP contribution is 2.34. The minimum absolute atomic E-state index is 0.327. The average Bonchev–Trinajstić information content (AvgIpc) is 2.91. The van der Waals surface area contributed by atoms with E-state index in [0.717, 1.165) is 23.3 Å². The van der Waals surface area contributed by atoms with E-state index in [1.807, 2.05) is 14.0 Å². The van der Waals surface area contributed by atoms with Crippen LogP contribution in [0.2, 0.25) is 15.1 Å². The molecule has 1 aromatic carbocycles. The van der Waals surface area contributed by atoms with Crippen molar-refractivity contribution in [2.24, 2.45) is 7.05 Å². The molecule has 0 fully saturated rings. The molecular formula is C13H12Cl3N5. The number of benzene rings is 1. The van der Waals surface area contributed by atoms with Gasteiger partial charge in [0, 0.05) is 7.05 Å². The van der Waals surface area contributed by atoms with Crippen molar-refractivity contribution in [2.75, 3.05) is 5.73 Å². The van der Waals surface area contributed by atoms with E-state index in [0.29, 0.717) is 26.7 Å². The number of rotatable bonds is 2. The first kappa shape index (κ1) is 14.5. The number of nitrogens with zero attached hydrogens (tertiary/aromatic N) is 4. The van der Waals surface area contributed by atoms with E-state index in [2.05, 4.69) is 10.1 Å². The molecule has 0 aliphatic carbocycles. The number of aromatic nitrogens is 4. The summed E-state index contributed by atoms with van der Waals surface area (Å²) in [4.78, 5) is 4.40. The summed E-state index contributed by atoms with van der Waals surface area (Å²) in [7, 11) is 1.84. The highest BCUT2D eigenvalue weighted by atomic mass is 35.5. The van der Waals surface area contributed by atoms with Gasteiger partial charge in [0.05, 0.1) is 26.4 Å². The summed E-state index contributed by atoms with van der Waals surface area (Å²) in [5.41, 5.74) is 9.09. The summed E-state index contributed by atoms with van der Waals surface area (Å²) in [6, 6.07) is 3.26. The summed E-state index contributed by atoms with van der Waals surface area (Å²) in [5.74, 6) is 0.327. The number of anilines is 1. The van der Waals surface area contributed by atoms with E-state index in [1.165, 1.54) is 0 Å². The van der Waals surface area contributed by atoms with Crippen LogP contribution in [0.3, 0.4) is 0 Å². The van der Waals surface area contributed by atoms with Gasteiger partial charge in [-0.1, -0.05) is 41.7 Å². The number of aryl methyl sites for hydroxylation is 2. The number of hydrogen-bond donors (Lipinski definition) is 1. The average molecular weight is 345 g/mol. The zero-order chi connectivity index (χ0) is 15.3. The van der Waals surface area contributed by atoms with E-state index in [-0.39, 0.29) is 0 Å². The Bertz CT molecular complexity index is 849. The van der Waals surface area contributed by atoms with Gasteiger partial charge in [-0.05, 0) is 18.6 Å². The number of halogens is 3. The normalized spacial score (nSPS) is 11.5. The maximum absolute atomic E-state index is 6.28. The topological polar surface area (TPSA) is 61.7 Å². The van der Waals surface area contributed by atoms with Crippen molar-refractivity contribution in [3.63, 3.8) is 0 Å². The van der Waals surface area contributed by atoms with Crippen LogP contribution in [0.1, 0.15) is 12.6 Å². The summed E-state index contributed by atoms with van der Waals surface area (Å²) in [6.45, 7) is 2.02. The predicted molar refractivity (Wildman–Crippen MR) is 86.7 cm³/mol. The van der Waals surface area contributed by atoms with Crippen LogP contribution in [-0.2, 0) is 13.5 Å². The molecule has 2 aromatic heterocycles. The Morgan fingerprint density at radius 2 is 1.81 bits per heavy atom. The van der Waals surface area contributed by atoms with Gasteiger partial charge in [-0.3, -0.25) is 4.57 Å². The molecule has 0 atom stereocenters. The monoisotopic (exact) mass is 343 g/mol. The molecule has 0 saturated carbocycles. The Labute approximate surface area is 136 Å². The third-order valence-corrected chi connectivity index (χ3v) is 4.32. The second-order valence-electron chi connectivity index (χ2n) is 4.62. The minimum Gasteiger partial charge on any atom is -0.369 e. The SMILES string of the molecule is CCc1nn(C)c2c1nc(N)n2-c1cc(Cl)c(Cl)cc1Cl. The van der Waals surface area contributed by atoms with Crippen LogP contribution in [0.5, 0.6) is 0 Å². The molecule has 3 aromatic rings. The van der Waals surface area contributed by atoms with Crippen molar-refractivity contribution in [1.29, 1.82) is 0 Å². The Hall–Kier alpha value is -1.43. The Kier molecular flexibility index (Phi) is 3.51. The molecule has 0 spiro atoms. The lowest BCUT2D eigenvalue weighted by atomic mass is 10.3. The second-order valence-corrected chi connectivity index (χ2v) is 5.84. The van der Waals surface area contributed by atoms with Crippen molar-refractivity contribution < 1.29 is 0 Å². The number of hydrogen-bond acceptors (Lipinski definition) is 3. The Morgan fingerprint density at radius 1 is 1.14 bits per heavy atom. The molecule has 21 heavy (non-hydrogen) atoms. The van der Waals surface area contributed by atoms with Gasteiger partial charge in [0.2, 0.25) is 5.95 Å². The molecule has 0 saturated heterocycles. The van der Waals surface area contributed by atoms with Crippen molar-refractivity contribution in [1.82, 2.24) is 19.3 Å². The van der Waals surface area contributed by atoms with Gasteiger partial charge >= 0.3 is 0 Å². The van der Waals surface area contributed by atoms with E-state index in [4.69, 9.17) is 40.5 Å². The Balaban J connectivity index is 2.38. The number of imidazole rings is 1. The molecule has 0 aliphatic heterocycles. The Morgan fingerprint density at radius 3 is 2.48 bits per heavy atom. The molecule has 0 bridgehead atoms. The summed E-state index contributed by atoms with van der Waals surface area (Å²) in [6.07, 6.45) is 0.767. The molecule has 2 N–H and O–H groups in total. The fraction of sp³-hybridized carbons (Fsp3) is 0.231. The number of nitrogens with two attached hydrogens (primary N) is 1. The fourth-order valence-corrected chi connectivity index (χ4v) is 2.98. The summed E-state index contributed by atoms with van der Waals surface area (Å²) < 4.78 is 3.46. The largest absolute Gasteiger partial charge is 0.369 e. The van der Waals surface area contributed by atoms with Crippen LogP contribution in [0, 0.1) is 0 Å². The van der Waals surface area contributed by atoms with Gasteiger partial charge in [-0.2, -0.15) is 5.10 Å². The molecule has 0 amide bonds. The maximum atomic E-state index is 6.28. The standard InChI is InChI=1S/C13H12Cl3N5/c1-3-9-11-12(20(2)19-9)21(13(17)18-11)10-5-7(15)6(14)4-8(10)16/h4-5H,3H2,1-2H3,(H2,17,18). The van der Waals surface area contributed by atoms with Crippen molar-refractivity contribution in [3.05, 3.63) is 32.9 Å². The lowest BCUT2D eigenvalue weighted by molar-refractivity contribution is 0.751. The van der Waals surface area contributed by atoms with Gasteiger partial charge in [-0.25, -0.2) is 9.67 Å². The van der Waals surface area contributed by atoms with Crippen LogP contribution in [0.25, 0.3) is 16.9 Å². The number of nitrogen functional groups attached to an aromatic ring is 1. The first-order valence-corrected chi connectivity index (χ1v) is 7.42. The lowest BCUT2D eigenvalue weighted by Gasteiger charge is -2.10. The number of fused-ring (bicyclic) bond motifs is 1. The van der Waals surface area contributed by atoms with Crippen molar-refractivity contribution >= 4 is 51.9 Å². The molecule has 0 radical (unpaired) electrons. The molecule has 0 unspecified atom stereocenters. The van der Waals surface area contributed by atoms with Crippen LogP contribution in [0.4, 0.5) is 5.95 Å². The van der Waals surface area contributed by atoms with Crippen LogP contribution >= 0.6 is 34.8 Å². The zero-order valence-corrected chi connectivity index (χ0v) is 13.6. The van der Waals surface area contributed by atoms with Gasteiger partial charge in [0.15, 0.2) is 5.65 Å². The smallest absolute Gasteiger partial charge is 0.207 e. The third kappa shape index (κ3) is 2.16. The molecule has 5 nitrogen and oxygen atoms in total. The van der Waals surface area contributed by atoms with E-state index < -0.39 is 0 Å². The van der Waals surface area contributed by atoms with E-state index >= 15 is 0 Å². The quantitative estimate of drug-likeness (QED) is 0.718. The lowest BCUT2D eigenvalue weighted by Crippen LogP contribution is -2.05. The molecule has 8 heteroatoms. The van der Waals surface area contributed by atoms with Gasteiger partial charge in [0.25, 0.3) is 0 Å². The van der Waals surface area contributed by atoms with Crippen LogP contribution < -0.4 is 5.73 Å². The van der Waals surface area contributed by atoms with E-state index in [1.54, 1.807) is 21.4 Å².